The summed E-state index contributed by atoms with van der Waals surface area (Å²) >= 11 is 0. The summed E-state index contributed by atoms with van der Waals surface area (Å²) < 4.78 is 6.12. The van der Waals surface area contributed by atoms with Gasteiger partial charge in [-0.1, -0.05) is 6.07 Å². The Morgan fingerprint density at radius 3 is 2.70 bits per heavy atom. The zero-order valence-electron chi connectivity index (χ0n) is 11.2. The van der Waals surface area contributed by atoms with Crippen molar-refractivity contribution in [2.45, 2.75) is 6.92 Å². The van der Waals surface area contributed by atoms with Gasteiger partial charge in [0, 0.05) is 5.56 Å². The highest BCUT2D eigenvalue weighted by Gasteiger charge is 2.14. The minimum Gasteiger partial charge on any atom is -0.504 e. The fraction of sp³-hybridized carbons (Fsp3) is 0.133. The molecule has 1 aromatic heterocycles. The second kappa shape index (κ2) is 4.45. The van der Waals surface area contributed by atoms with E-state index in [4.69, 9.17) is 4.74 Å². The summed E-state index contributed by atoms with van der Waals surface area (Å²) in [4.78, 5) is 4.40. The van der Waals surface area contributed by atoms with Gasteiger partial charge in [0.25, 0.3) is 0 Å². The smallest absolute Gasteiger partial charge is 0.176 e. The van der Waals surface area contributed by atoms with Crippen LogP contribution in [0.2, 0.25) is 0 Å². The maximum Gasteiger partial charge on any atom is 0.176 e. The van der Waals surface area contributed by atoms with Crippen LogP contribution in [-0.2, 0) is 0 Å². The predicted octanol–water partition coefficient (Wildman–Crippen LogP) is 2.96. The van der Waals surface area contributed by atoms with E-state index in [0.29, 0.717) is 28.2 Å². The molecule has 0 amide bonds. The van der Waals surface area contributed by atoms with E-state index in [0.717, 1.165) is 10.3 Å². The standard InChI is InChI=1S/C15H14N2O3/c1-9-3-5-11-12(7-9)17(19)15(16-11)10-4-6-13(18)14(8-10)20-2/h3-8,18-19H,1-2H3. The van der Waals surface area contributed by atoms with Gasteiger partial charge in [0.2, 0.25) is 0 Å². The Labute approximate surface area is 115 Å². The number of phenols is 1. The quantitative estimate of drug-likeness (QED) is 0.702. The summed E-state index contributed by atoms with van der Waals surface area (Å²) in [6, 6.07) is 10.5. The molecule has 2 N–H and O–H groups in total. The van der Waals surface area contributed by atoms with Crippen LogP contribution >= 0.6 is 0 Å². The van der Waals surface area contributed by atoms with Crippen LogP contribution in [0.5, 0.6) is 11.5 Å². The van der Waals surface area contributed by atoms with E-state index in [1.54, 1.807) is 12.1 Å². The number of phenolic OH excluding ortho intramolecular Hbond substituents is 1. The maximum atomic E-state index is 10.3. The number of ether oxygens (including phenoxy) is 1. The molecule has 102 valence electrons. The van der Waals surface area contributed by atoms with Gasteiger partial charge < -0.3 is 15.1 Å². The van der Waals surface area contributed by atoms with Crippen molar-refractivity contribution < 1.29 is 15.1 Å². The number of aromatic nitrogens is 2. The average Bonchev–Trinajstić information content (AvgIpc) is 2.77. The third-order valence-electron chi connectivity index (χ3n) is 3.22. The van der Waals surface area contributed by atoms with Gasteiger partial charge in [0.1, 0.15) is 5.52 Å². The molecule has 0 saturated heterocycles. The number of aryl methyl sites for hydroxylation is 1. The fourth-order valence-corrected chi connectivity index (χ4v) is 2.18. The van der Waals surface area contributed by atoms with Crippen molar-refractivity contribution in [3.05, 3.63) is 42.0 Å². The number of hydrogen-bond acceptors (Lipinski definition) is 4. The van der Waals surface area contributed by atoms with E-state index in [1.807, 2.05) is 25.1 Å². The summed E-state index contributed by atoms with van der Waals surface area (Å²) in [5.74, 6) is 0.794. The van der Waals surface area contributed by atoms with Crippen molar-refractivity contribution in [2.75, 3.05) is 7.11 Å². The second-order valence-corrected chi connectivity index (χ2v) is 4.63. The monoisotopic (exact) mass is 270 g/mol. The van der Waals surface area contributed by atoms with Crippen molar-refractivity contribution in [1.29, 1.82) is 0 Å². The molecule has 0 unspecified atom stereocenters. The number of rotatable bonds is 2. The molecule has 2 aromatic carbocycles. The molecule has 0 bridgehead atoms. The first-order chi connectivity index (χ1) is 9.60. The van der Waals surface area contributed by atoms with Gasteiger partial charge in [0.05, 0.1) is 12.6 Å². The summed E-state index contributed by atoms with van der Waals surface area (Å²) in [6.45, 7) is 1.95. The van der Waals surface area contributed by atoms with Crippen molar-refractivity contribution in [3.8, 4) is 22.9 Å². The van der Waals surface area contributed by atoms with Crippen LogP contribution in [0.25, 0.3) is 22.4 Å². The lowest BCUT2D eigenvalue weighted by molar-refractivity contribution is 0.203. The zero-order chi connectivity index (χ0) is 14.3. The number of nitrogens with zero attached hydrogens (tertiary/aromatic N) is 2. The molecular weight excluding hydrogens is 256 g/mol. The lowest BCUT2D eigenvalue weighted by Crippen LogP contribution is -1.95. The molecule has 0 saturated carbocycles. The first kappa shape index (κ1) is 12.3. The molecule has 1 heterocycles. The van der Waals surface area contributed by atoms with E-state index in [9.17, 15) is 10.3 Å². The predicted molar refractivity (Wildman–Crippen MR) is 75.3 cm³/mol. The molecule has 3 rings (SSSR count). The molecular formula is C15H14N2O3. The van der Waals surface area contributed by atoms with Gasteiger partial charge in [-0.2, -0.15) is 4.73 Å². The number of methoxy groups -OCH3 is 1. The molecule has 3 aromatic rings. The molecule has 20 heavy (non-hydrogen) atoms. The number of hydrogen-bond donors (Lipinski definition) is 2. The molecule has 0 atom stereocenters. The number of fused-ring (bicyclic) bond motifs is 1. The number of aromatic hydroxyl groups is 1. The largest absolute Gasteiger partial charge is 0.504 e. The lowest BCUT2D eigenvalue weighted by atomic mass is 10.2. The average molecular weight is 270 g/mol. The Kier molecular flexibility index (Phi) is 2.75. The topological polar surface area (TPSA) is 67.5 Å². The Morgan fingerprint density at radius 1 is 1.15 bits per heavy atom. The highest BCUT2D eigenvalue weighted by atomic mass is 16.5. The van der Waals surface area contributed by atoms with E-state index in [1.165, 1.54) is 13.2 Å². The Hall–Kier alpha value is -2.69. The Bertz CT molecular complexity index is 793. The van der Waals surface area contributed by atoms with E-state index in [-0.39, 0.29) is 5.75 Å². The number of imidazole rings is 1. The molecule has 0 fully saturated rings. The first-order valence-electron chi connectivity index (χ1n) is 6.16. The summed E-state index contributed by atoms with van der Waals surface area (Å²) in [6.07, 6.45) is 0. The molecule has 5 nitrogen and oxygen atoms in total. The van der Waals surface area contributed by atoms with Crippen molar-refractivity contribution >= 4 is 11.0 Å². The van der Waals surface area contributed by atoms with Crippen LogP contribution in [0.3, 0.4) is 0 Å². The third-order valence-corrected chi connectivity index (χ3v) is 3.22. The molecule has 0 spiro atoms. The van der Waals surface area contributed by atoms with Crippen LogP contribution in [0.1, 0.15) is 5.56 Å². The Balaban J connectivity index is 2.21. The highest BCUT2D eigenvalue weighted by molar-refractivity contribution is 5.81. The summed E-state index contributed by atoms with van der Waals surface area (Å²) in [7, 11) is 1.48. The molecule has 0 radical (unpaired) electrons. The maximum absolute atomic E-state index is 10.3. The third kappa shape index (κ3) is 1.84. The van der Waals surface area contributed by atoms with Crippen LogP contribution in [0, 0.1) is 6.92 Å². The van der Waals surface area contributed by atoms with E-state index < -0.39 is 0 Å². The minimum atomic E-state index is 0.0488. The normalized spacial score (nSPS) is 10.9. The van der Waals surface area contributed by atoms with Gasteiger partial charge in [-0.05, 0) is 42.8 Å². The van der Waals surface area contributed by atoms with Gasteiger partial charge in [0.15, 0.2) is 17.3 Å². The van der Waals surface area contributed by atoms with Gasteiger partial charge in [-0.3, -0.25) is 0 Å². The SMILES string of the molecule is COc1cc(-c2nc3ccc(C)cc3n2O)ccc1O. The lowest BCUT2D eigenvalue weighted by Gasteiger charge is -2.06. The van der Waals surface area contributed by atoms with E-state index >= 15 is 0 Å². The van der Waals surface area contributed by atoms with Crippen molar-refractivity contribution in [3.63, 3.8) is 0 Å². The molecule has 5 heteroatoms. The van der Waals surface area contributed by atoms with Crippen LogP contribution in [-0.4, -0.2) is 27.1 Å². The van der Waals surface area contributed by atoms with Gasteiger partial charge >= 0.3 is 0 Å². The van der Waals surface area contributed by atoms with Gasteiger partial charge in [-0.15, -0.1) is 0 Å². The summed E-state index contributed by atoms with van der Waals surface area (Å²) in [5, 5.41) is 19.9. The molecule has 0 aliphatic rings. The molecule has 0 aliphatic heterocycles. The number of benzene rings is 2. The second-order valence-electron chi connectivity index (χ2n) is 4.63. The fourth-order valence-electron chi connectivity index (χ4n) is 2.18. The van der Waals surface area contributed by atoms with Crippen LogP contribution in [0.4, 0.5) is 0 Å². The van der Waals surface area contributed by atoms with E-state index in [2.05, 4.69) is 4.98 Å². The molecule has 0 aliphatic carbocycles. The van der Waals surface area contributed by atoms with Crippen LogP contribution in [0.15, 0.2) is 36.4 Å². The van der Waals surface area contributed by atoms with Crippen LogP contribution < -0.4 is 4.74 Å². The Morgan fingerprint density at radius 2 is 1.95 bits per heavy atom. The summed E-state index contributed by atoms with van der Waals surface area (Å²) in [5.41, 5.74) is 3.06. The van der Waals surface area contributed by atoms with Gasteiger partial charge in [-0.25, -0.2) is 4.98 Å². The first-order valence-corrected chi connectivity index (χ1v) is 6.16. The highest BCUT2D eigenvalue weighted by Crippen LogP contribution is 2.32. The van der Waals surface area contributed by atoms with Crippen molar-refractivity contribution in [2.24, 2.45) is 0 Å². The van der Waals surface area contributed by atoms with Crippen molar-refractivity contribution in [1.82, 2.24) is 9.71 Å². The minimum absolute atomic E-state index is 0.0488. The zero-order valence-corrected chi connectivity index (χ0v) is 11.2.